The van der Waals surface area contributed by atoms with Crippen LogP contribution in [0, 0.1) is 11.8 Å². The first-order valence-corrected chi connectivity index (χ1v) is 13.4. The van der Waals surface area contributed by atoms with E-state index in [1.807, 2.05) is 0 Å². The Morgan fingerprint density at radius 3 is 2.18 bits per heavy atom. The molecule has 2 heterocycles. The average Bonchev–Trinajstić information content (AvgIpc) is 3.26. The fraction of sp³-hybridized carbons (Fsp3) is 0.433. The summed E-state index contributed by atoms with van der Waals surface area (Å²) < 4.78 is 52.2. The Labute approximate surface area is 253 Å². The SMILES string of the molecule is CN(Cc1cccc(C#Cc2c(NC(=O)C(F)(F)F)nc(N(C)C(=O)OC(C)(C)C)c3ncn(C)c23)c1)C(=O)OC(C)(C)C. The maximum atomic E-state index is 13.3. The molecule has 0 saturated carbocycles. The zero-order chi connectivity index (χ0) is 33.2. The summed E-state index contributed by atoms with van der Waals surface area (Å²) in [6.07, 6.45) is -5.19. The molecule has 0 bridgehead atoms. The predicted octanol–water partition coefficient (Wildman–Crippen LogP) is 5.61. The van der Waals surface area contributed by atoms with Crippen LogP contribution in [-0.2, 0) is 27.9 Å². The average molecular weight is 617 g/mol. The van der Waals surface area contributed by atoms with Crippen molar-refractivity contribution in [3.05, 3.63) is 47.3 Å². The molecule has 3 amide bonds. The summed E-state index contributed by atoms with van der Waals surface area (Å²) in [6, 6.07) is 6.88. The van der Waals surface area contributed by atoms with Crippen LogP contribution in [-0.4, -0.2) is 69.0 Å². The Hall–Kier alpha value is -4.80. The molecule has 0 unspecified atom stereocenters. The van der Waals surface area contributed by atoms with Crippen LogP contribution >= 0.6 is 0 Å². The number of aromatic nitrogens is 3. The molecule has 1 N–H and O–H groups in total. The van der Waals surface area contributed by atoms with Crippen molar-refractivity contribution in [1.82, 2.24) is 19.4 Å². The highest BCUT2D eigenvalue weighted by molar-refractivity contribution is 6.03. The first kappa shape index (κ1) is 33.7. The van der Waals surface area contributed by atoms with Crippen LogP contribution in [0.15, 0.2) is 30.6 Å². The van der Waals surface area contributed by atoms with Crippen LogP contribution in [0.4, 0.5) is 34.4 Å². The fourth-order valence-corrected chi connectivity index (χ4v) is 3.81. The zero-order valence-corrected chi connectivity index (χ0v) is 26.0. The van der Waals surface area contributed by atoms with Crippen LogP contribution in [0.3, 0.4) is 0 Å². The van der Waals surface area contributed by atoms with Gasteiger partial charge in [0.15, 0.2) is 11.6 Å². The molecule has 3 rings (SSSR count). The second-order valence-electron chi connectivity index (χ2n) is 12.0. The molecule has 11 nitrogen and oxygen atoms in total. The number of hydrogen-bond acceptors (Lipinski definition) is 7. The van der Waals surface area contributed by atoms with E-state index in [1.165, 1.54) is 22.8 Å². The molecule has 236 valence electrons. The lowest BCUT2D eigenvalue weighted by Crippen LogP contribution is -2.35. The van der Waals surface area contributed by atoms with Gasteiger partial charge in [-0.05, 0) is 59.2 Å². The van der Waals surface area contributed by atoms with E-state index in [1.54, 1.807) is 85.2 Å². The van der Waals surface area contributed by atoms with E-state index in [9.17, 15) is 27.6 Å². The molecule has 0 aliphatic carbocycles. The van der Waals surface area contributed by atoms with Crippen molar-refractivity contribution >= 4 is 40.8 Å². The van der Waals surface area contributed by atoms with Crippen molar-refractivity contribution in [3.8, 4) is 11.8 Å². The van der Waals surface area contributed by atoms with Gasteiger partial charge in [0.25, 0.3) is 0 Å². The van der Waals surface area contributed by atoms with E-state index < -0.39 is 41.3 Å². The van der Waals surface area contributed by atoms with Crippen molar-refractivity contribution in [2.75, 3.05) is 24.3 Å². The second kappa shape index (κ2) is 12.4. The first-order chi connectivity index (χ1) is 20.2. The summed E-state index contributed by atoms with van der Waals surface area (Å²) in [5.74, 6) is 2.79. The van der Waals surface area contributed by atoms with Gasteiger partial charge < -0.3 is 24.3 Å². The second-order valence-corrected chi connectivity index (χ2v) is 12.0. The molecule has 1 aromatic carbocycles. The number of amides is 3. The zero-order valence-electron chi connectivity index (χ0n) is 26.0. The molecule has 0 fully saturated rings. The number of anilines is 2. The third-order valence-corrected chi connectivity index (χ3v) is 5.70. The van der Waals surface area contributed by atoms with E-state index in [4.69, 9.17) is 9.47 Å². The molecule has 3 aromatic rings. The van der Waals surface area contributed by atoms with Crippen molar-refractivity contribution < 1.29 is 37.0 Å². The van der Waals surface area contributed by atoms with Gasteiger partial charge in [-0.1, -0.05) is 24.0 Å². The summed E-state index contributed by atoms with van der Waals surface area (Å²) in [5.41, 5.74) is -0.0501. The summed E-state index contributed by atoms with van der Waals surface area (Å²) >= 11 is 0. The number of ether oxygens (including phenoxy) is 2. The molecular weight excluding hydrogens is 581 g/mol. The van der Waals surface area contributed by atoms with Crippen LogP contribution in [0.2, 0.25) is 0 Å². The largest absolute Gasteiger partial charge is 0.471 e. The Balaban J connectivity index is 2.10. The number of fused-ring (bicyclic) bond motifs is 1. The van der Waals surface area contributed by atoms with Gasteiger partial charge >= 0.3 is 24.3 Å². The number of hydrogen-bond donors (Lipinski definition) is 1. The number of alkyl halides is 3. The number of pyridine rings is 1. The number of carbonyl (C=O) groups excluding carboxylic acids is 3. The maximum Gasteiger partial charge on any atom is 0.471 e. The Kier molecular flexibility index (Phi) is 9.52. The van der Waals surface area contributed by atoms with Gasteiger partial charge in [0.05, 0.1) is 17.4 Å². The lowest BCUT2D eigenvalue weighted by molar-refractivity contribution is -0.167. The van der Waals surface area contributed by atoms with Crippen molar-refractivity contribution in [1.29, 1.82) is 0 Å². The fourth-order valence-electron chi connectivity index (χ4n) is 3.81. The number of benzene rings is 1. The maximum absolute atomic E-state index is 13.3. The molecule has 2 aromatic heterocycles. The Bertz CT molecular complexity index is 1640. The number of rotatable bonds is 4. The van der Waals surface area contributed by atoms with E-state index in [2.05, 4.69) is 21.8 Å². The number of halogens is 3. The van der Waals surface area contributed by atoms with E-state index >= 15 is 0 Å². The van der Waals surface area contributed by atoms with E-state index in [-0.39, 0.29) is 29.0 Å². The monoisotopic (exact) mass is 616 g/mol. The molecule has 0 atom stereocenters. The van der Waals surface area contributed by atoms with Gasteiger partial charge in [-0.3, -0.25) is 9.69 Å². The van der Waals surface area contributed by atoms with E-state index in [0.717, 1.165) is 4.90 Å². The summed E-state index contributed by atoms with van der Waals surface area (Å²) in [7, 11) is 4.49. The highest BCUT2D eigenvalue weighted by atomic mass is 19.4. The summed E-state index contributed by atoms with van der Waals surface area (Å²) in [5, 5.41) is 1.79. The van der Waals surface area contributed by atoms with Gasteiger partial charge in [0.2, 0.25) is 0 Å². The lowest BCUT2D eigenvalue weighted by atomic mass is 10.1. The van der Waals surface area contributed by atoms with Gasteiger partial charge in [0.1, 0.15) is 16.7 Å². The molecule has 14 heteroatoms. The number of nitrogens with zero attached hydrogens (tertiary/aromatic N) is 5. The molecular formula is C30H35F3N6O5. The quantitative estimate of drug-likeness (QED) is 0.379. The Morgan fingerprint density at radius 1 is 0.977 bits per heavy atom. The van der Waals surface area contributed by atoms with Gasteiger partial charge in [-0.2, -0.15) is 13.2 Å². The van der Waals surface area contributed by atoms with Gasteiger partial charge in [-0.15, -0.1) is 0 Å². The predicted molar refractivity (Wildman–Crippen MR) is 158 cm³/mol. The normalized spacial score (nSPS) is 11.8. The highest BCUT2D eigenvalue weighted by Crippen LogP contribution is 2.32. The topological polar surface area (TPSA) is 119 Å². The smallest absolute Gasteiger partial charge is 0.444 e. The van der Waals surface area contributed by atoms with Gasteiger partial charge in [0, 0.05) is 33.3 Å². The number of carbonyl (C=O) groups is 3. The van der Waals surface area contributed by atoms with Crippen molar-refractivity contribution in [2.45, 2.75) is 65.5 Å². The van der Waals surface area contributed by atoms with Crippen LogP contribution in [0.25, 0.3) is 11.0 Å². The number of imidazole rings is 1. The third-order valence-electron chi connectivity index (χ3n) is 5.70. The van der Waals surface area contributed by atoms with Crippen molar-refractivity contribution in [3.63, 3.8) is 0 Å². The minimum atomic E-state index is -5.22. The Morgan fingerprint density at radius 2 is 1.59 bits per heavy atom. The lowest BCUT2D eigenvalue weighted by Gasteiger charge is -2.25. The van der Waals surface area contributed by atoms with E-state index in [0.29, 0.717) is 11.1 Å². The van der Waals surface area contributed by atoms with Crippen LogP contribution < -0.4 is 10.2 Å². The molecule has 0 spiro atoms. The standard InChI is InChI=1S/C30H35F3N6O5/c1-28(2,3)43-26(41)37(7)16-19-12-10-11-18(15-19)13-14-20-22-21(34-17-38(22)8)24(39(9)27(42)44-29(4,5)6)35-23(20)36-25(40)30(31,32)33/h10-12,15,17H,16H2,1-9H3,(H,35,36,40). The molecule has 44 heavy (non-hydrogen) atoms. The number of aryl methyl sites for hydroxylation is 1. The highest BCUT2D eigenvalue weighted by Gasteiger charge is 2.40. The summed E-state index contributed by atoms with van der Waals surface area (Å²) in [6.45, 7) is 10.4. The molecule has 0 aliphatic rings. The number of nitrogens with one attached hydrogen (secondary N) is 1. The van der Waals surface area contributed by atoms with Crippen molar-refractivity contribution in [2.24, 2.45) is 7.05 Å². The molecule has 0 radical (unpaired) electrons. The molecule has 0 saturated heterocycles. The first-order valence-electron chi connectivity index (χ1n) is 13.4. The minimum absolute atomic E-state index is 0.0600. The van der Waals surface area contributed by atoms with Gasteiger partial charge in [-0.25, -0.2) is 19.6 Å². The summed E-state index contributed by atoms with van der Waals surface area (Å²) in [4.78, 5) is 48.1. The minimum Gasteiger partial charge on any atom is -0.444 e. The third kappa shape index (κ3) is 8.62. The van der Waals surface area contributed by atoms with Crippen LogP contribution in [0.5, 0.6) is 0 Å². The molecule has 0 aliphatic heterocycles. The van der Waals surface area contributed by atoms with Crippen LogP contribution in [0.1, 0.15) is 58.2 Å².